The van der Waals surface area contributed by atoms with E-state index in [4.69, 9.17) is 9.47 Å². The van der Waals surface area contributed by atoms with Gasteiger partial charge in [-0.3, -0.25) is 4.79 Å². The molecular formula is C13H13IN2O4. The monoisotopic (exact) mass is 388 g/mol. The van der Waals surface area contributed by atoms with Gasteiger partial charge < -0.3 is 19.6 Å². The average molecular weight is 388 g/mol. The summed E-state index contributed by atoms with van der Waals surface area (Å²) in [4.78, 5) is 18.9. The lowest BCUT2D eigenvalue weighted by atomic mass is 10.2. The minimum absolute atomic E-state index is 0.0144. The normalized spacial score (nSPS) is 10.6. The number of aromatic amines is 1. The number of methoxy groups -OCH3 is 2. The number of hydrogen-bond acceptors (Lipinski definition) is 5. The first kappa shape index (κ1) is 14.8. The van der Waals surface area contributed by atoms with Gasteiger partial charge in [0.1, 0.15) is 9.39 Å². The van der Waals surface area contributed by atoms with E-state index in [0.717, 1.165) is 0 Å². The molecule has 0 aliphatic carbocycles. The van der Waals surface area contributed by atoms with Gasteiger partial charge in [-0.15, -0.1) is 0 Å². The Balaban J connectivity index is 2.52. The number of phenols is 1. The van der Waals surface area contributed by atoms with Crippen LogP contribution in [0, 0.1) is 3.57 Å². The van der Waals surface area contributed by atoms with Crippen LogP contribution in [0.2, 0.25) is 0 Å². The smallest absolute Gasteiger partial charge is 0.264 e. The molecule has 2 N–H and O–H groups in total. The number of hydrogen-bond donors (Lipinski definition) is 2. The van der Waals surface area contributed by atoms with E-state index in [2.05, 4.69) is 9.97 Å². The molecule has 1 aromatic carbocycles. The Morgan fingerprint density at radius 1 is 1.40 bits per heavy atom. The zero-order valence-electron chi connectivity index (χ0n) is 10.9. The summed E-state index contributed by atoms with van der Waals surface area (Å²) in [5.41, 5.74) is 0.911. The molecule has 0 aliphatic rings. The van der Waals surface area contributed by atoms with Crippen LogP contribution in [0.25, 0.3) is 11.4 Å². The molecule has 0 aliphatic heterocycles. The van der Waals surface area contributed by atoms with Gasteiger partial charge in [0.05, 0.1) is 19.4 Å². The Hall–Kier alpha value is -1.61. The van der Waals surface area contributed by atoms with Crippen molar-refractivity contribution in [2.24, 2.45) is 0 Å². The highest BCUT2D eigenvalue weighted by atomic mass is 127. The largest absolute Gasteiger partial charge is 0.504 e. The third kappa shape index (κ3) is 2.93. The number of benzene rings is 1. The number of phenolic OH excluding ortho intramolecular Hbond substituents is 1. The van der Waals surface area contributed by atoms with Gasteiger partial charge in [0.25, 0.3) is 5.56 Å². The van der Waals surface area contributed by atoms with Crippen LogP contribution in [0.3, 0.4) is 0 Å². The van der Waals surface area contributed by atoms with Crippen LogP contribution in [0.4, 0.5) is 0 Å². The molecule has 6 nitrogen and oxygen atoms in total. The maximum Gasteiger partial charge on any atom is 0.264 e. The van der Waals surface area contributed by atoms with Crippen LogP contribution in [0.15, 0.2) is 23.0 Å². The first-order valence-corrected chi connectivity index (χ1v) is 6.79. The summed E-state index contributed by atoms with van der Waals surface area (Å²) in [6.45, 7) is 0.247. The first-order chi connectivity index (χ1) is 9.56. The standard InChI is InChI=1S/C13H13IN2O4/c1-19-6-8-11(14)13(18)16-12(15-8)7-3-4-10(20-2)9(17)5-7/h3-5,17H,6H2,1-2H3,(H,15,16,18). The number of halogens is 1. The van der Waals surface area contributed by atoms with E-state index < -0.39 is 0 Å². The molecular weight excluding hydrogens is 375 g/mol. The van der Waals surface area contributed by atoms with Crippen molar-refractivity contribution in [3.8, 4) is 22.9 Å². The summed E-state index contributed by atoms with van der Waals surface area (Å²) in [6, 6.07) is 4.81. The molecule has 0 saturated carbocycles. The Labute approximate surface area is 128 Å². The van der Waals surface area contributed by atoms with Gasteiger partial charge in [-0.2, -0.15) is 0 Å². The van der Waals surface area contributed by atoms with Crippen molar-refractivity contribution in [2.75, 3.05) is 14.2 Å². The lowest BCUT2D eigenvalue weighted by Crippen LogP contribution is -2.16. The topological polar surface area (TPSA) is 84.4 Å². The van der Waals surface area contributed by atoms with Gasteiger partial charge in [-0.25, -0.2) is 4.98 Å². The van der Waals surface area contributed by atoms with Crippen LogP contribution in [0.1, 0.15) is 5.69 Å². The highest BCUT2D eigenvalue weighted by Gasteiger charge is 2.11. The molecule has 0 fully saturated rings. The first-order valence-electron chi connectivity index (χ1n) is 5.71. The molecule has 0 bridgehead atoms. The molecule has 106 valence electrons. The van der Waals surface area contributed by atoms with Gasteiger partial charge >= 0.3 is 0 Å². The highest BCUT2D eigenvalue weighted by Crippen LogP contribution is 2.29. The zero-order chi connectivity index (χ0) is 14.7. The quantitative estimate of drug-likeness (QED) is 0.782. The average Bonchev–Trinajstić information content (AvgIpc) is 2.43. The van der Waals surface area contributed by atoms with Crippen LogP contribution in [-0.4, -0.2) is 29.3 Å². The van der Waals surface area contributed by atoms with Crippen molar-refractivity contribution in [3.63, 3.8) is 0 Å². The van der Waals surface area contributed by atoms with Crippen LogP contribution in [0.5, 0.6) is 11.5 Å². The molecule has 0 unspecified atom stereocenters. The van der Waals surface area contributed by atoms with Crippen molar-refractivity contribution in [3.05, 3.63) is 37.8 Å². The number of H-pyrrole nitrogens is 1. The molecule has 0 atom stereocenters. The number of aromatic hydroxyl groups is 1. The molecule has 0 spiro atoms. The molecule has 0 saturated heterocycles. The molecule has 2 rings (SSSR count). The molecule has 0 amide bonds. The van der Waals surface area contributed by atoms with E-state index in [0.29, 0.717) is 26.4 Å². The summed E-state index contributed by atoms with van der Waals surface area (Å²) < 4.78 is 10.5. The Bertz CT molecular complexity index is 685. The van der Waals surface area contributed by atoms with E-state index in [1.807, 2.05) is 22.6 Å². The van der Waals surface area contributed by atoms with Gasteiger partial charge in [-0.1, -0.05) is 0 Å². The second-order valence-corrected chi connectivity index (χ2v) is 5.07. The van der Waals surface area contributed by atoms with Crippen molar-refractivity contribution in [1.82, 2.24) is 9.97 Å². The van der Waals surface area contributed by atoms with E-state index in [1.54, 1.807) is 12.1 Å². The number of nitrogens with one attached hydrogen (secondary N) is 1. The fourth-order valence-corrected chi connectivity index (χ4v) is 2.12. The van der Waals surface area contributed by atoms with Crippen molar-refractivity contribution in [2.45, 2.75) is 6.61 Å². The highest BCUT2D eigenvalue weighted by molar-refractivity contribution is 14.1. The maximum absolute atomic E-state index is 11.9. The predicted molar refractivity (Wildman–Crippen MR) is 81.9 cm³/mol. The van der Waals surface area contributed by atoms with Crippen molar-refractivity contribution < 1.29 is 14.6 Å². The minimum Gasteiger partial charge on any atom is -0.504 e. The lowest BCUT2D eigenvalue weighted by molar-refractivity contribution is 0.180. The Kier molecular flexibility index (Phi) is 4.61. The van der Waals surface area contributed by atoms with Crippen molar-refractivity contribution in [1.29, 1.82) is 0 Å². The third-order valence-electron chi connectivity index (χ3n) is 2.66. The molecule has 1 heterocycles. The van der Waals surface area contributed by atoms with E-state index in [1.165, 1.54) is 20.3 Å². The Morgan fingerprint density at radius 2 is 2.15 bits per heavy atom. The fraction of sp³-hybridized carbons (Fsp3) is 0.231. The van der Waals surface area contributed by atoms with Crippen molar-refractivity contribution >= 4 is 22.6 Å². The molecule has 7 heteroatoms. The van der Waals surface area contributed by atoms with Gasteiger partial charge in [0.15, 0.2) is 11.5 Å². The maximum atomic E-state index is 11.9. The number of ether oxygens (including phenoxy) is 2. The van der Waals surface area contributed by atoms with E-state index in [9.17, 15) is 9.90 Å². The number of nitrogens with zero attached hydrogens (tertiary/aromatic N) is 1. The van der Waals surface area contributed by atoms with Gasteiger partial charge in [0, 0.05) is 12.7 Å². The summed E-state index contributed by atoms with van der Waals surface area (Å²) in [5, 5.41) is 9.78. The third-order valence-corrected chi connectivity index (χ3v) is 3.78. The second kappa shape index (κ2) is 6.23. The van der Waals surface area contributed by atoms with Crippen LogP contribution >= 0.6 is 22.6 Å². The molecule has 20 heavy (non-hydrogen) atoms. The van der Waals surface area contributed by atoms with E-state index >= 15 is 0 Å². The summed E-state index contributed by atoms with van der Waals surface area (Å²) in [6.07, 6.45) is 0. The summed E-state index contributed by atoms with van der Waals surface area (Å²) in [5.74, 6) is 0.721. The van der Waals surface area contributed by atoms with E-state index in [-0.39, 0.29) is 17.9 Å². The van der Waals surface area contributed by atoms with Gasteiger partial charge in [-0.05, 0) is 40.8 Å². The zero-order valence-corrected chi connectivity index (χ0v) is 13.1. The minimum atomic E-state index is -0.238. The fourth-order valence-electron chi connectivity index (χ4n) is 1.71. The summed E-state index contributed by atoms with van der Waals surface area (Å²) in [7, 11) is 3.01. The van der Waals surface area contributed by atoms with Gasteiger partial charge in [0.2, 0.25) is 0 Å². The lowest BCUT2D eigenvalue weighted by Gasteiger charge is -2.08. The second-order valence-electron chi connectivity index (χ2n) is 3.99. The number of rotatable bonds is 4. The predicted octanol–water partition coefficient (Wildman–Crippen LogP) is 1.90. The molecule has 2 aromatic rings. The molecule has 0 radical (unpaired) electrons. The molecule has 1 aromatic heterocycles. The van der Waals surface area contributed by atoms with Crippen LogP contribution in [-0.2, 0) is 11.3 Å². The Morgan fingerprint density at radius 3 is 2.75 bits per heavy atom. The van der Waals surface area contributed by atoms with Crippen LogP contribution < -0.4 is 10.3 Å². The summed E-state index contributed by atoms with van der Waals surface area (Å²) >= 11 is 1.93. The SMILES string of the molecule is COCc1nc(-c2ccc(OC)c(O)c2)[nH]c(=O)c1I. The number of aromatic nitrogens is 2.